The Bertz CT molecular complexity index is 304. The topological polar surface area (TPSA) is 46.5 Å². The maximum atomic E-state index is 11.1. The maximum absolute atomic E-state index is 11.1. The van der Waals surface area contributed by atoms with Crippen molar-refractivity contribution >= 4 is 17.3 Å². The third-order valence-corrected chi connectivity index (χ3v) is 2.97. The number of hydrogen-bond acceptors (Lipinski definition) is 4. The second-order valence-electron chi connectivity index (χ2n) is 2.96. The second kappa shape index (κ2) is 5.12. The monoisotopic (exact) mass is 214 g/mol. The largest absolute Gasteiger partial charge is 0.466 e. The zero-order chi connectivity index (χ0) is 10.6. The molecule has 0 bridgehead atoms. The van der Waals surface area contributed by atoms with Gasteiger partial charge in [0.15, 0.2) is 0 Å². The number of aliphatic hydroxyl groups excluding tert-OH is 1. The van der Waals surface area contributed by atoms with Crippen LogP contribution in [0, 0.1) is 0 Å². The van der Waals surface area contributed by atoms with E-state index in [0.29, 0.717) is 13.0 Å². The van der Waals surface area contributed by atoms with Gasteiger partial charge in [-0.2, -0.15) is 0 Å². The van der Waals surface area contributed by atoms with E-state index < -0.39 is 6.10 Å². The van der Waals surface area contributed by atoms with Gasteiger partial charge in [0.2, 0.25) is 0 Å². The van der Waals surface area contributed by atoms with Crippen LogP contribution < -0.4 is 0 Å². The first-order valence-corrected chi connectivity index (χ1v) is 5.37. The van der Waals surface area contributed by atoms with Crippen molar-refractivity contribution in [2.75, 3.05) is 6.61 Å². The van der Waals surface area contributed by atoms with Crippen molar-refractivity contribution in [3.63, 3.8) is 0 Å². The molecule has 1 heterocycles. The van der Waals surface area contributed by atoms with Gasteiger partial charge in [0.1, 0.15) is 0 Å². The summed E-state index contributed by atoms with van der Waals surface area (Å²) in [6.07, 6.45) is -0.165. The predicted octanol–water partition coefficient (Wildman–Crippen LogP) is 1.91. The van der Waals surface area contributed by atoms with E-state index in [2.05, 4.69) is 0 Å². The average molecular weight is 214 g/mol. The number of aliphatic hydroxyl groups is 1. The van der Waals surface area contributed by atoms with E-state index in [9.17, 15) is 9.90 Å². The Morgan fingerprint density at radius 3 is 2.86 bits per heavy atom. The molecule has 0 spiro atoms. The molecule has 1 N–H and O–H groups in total. The lowest BCUT2D eigenvalue weighted by Gasteiger charge is -1.99. The highest BCUT2D eigenvalue weighted by Crippen LogP contribution is 2.23. The quantitative estimate of drug-likeness (QED) is 0.779. The number of hydrogen-bond donors (Lipinski definition) is 1. The molecule has 0 radical (unpaired) electrons. The normalized spacial score (nSPS) is 12.5. The Morgan fingerprint density at radius 1 is 1.64 bits per heavy atom. The van der Waals surface area contributed by atoms with Gasteiger partial charge >= 0.3 is 5.97 Å². The van der Waals surface area contributed by atoms with Crippen molar-refractivity contribution in [1.29, 1.82) is 0 Å². The molecule has 1 aromatic heterocycles. The summed E-state index contributed by atoms with van der Waals surface area (Å²) < 4.78 is 4.82. The summed E-state index contributed by atoms with van der Waals surface area (Å²) in [6.45, 7) is 3.90. The van der Waals surface area contributed by atoms with Crippen LogP contribution in [0.4, 0.5) is 0 Å². The number of thiophene rings is 1. The SMILES string of the molecule is CCOC(=O)Cc1ccc(C(C)O)s1. The Morgan fingerprint density at radius 2 is 2.36 bits per heavy atom. The molecule has 3 nitrogen and oxygen atoms in total. The molecule has 1 rings (SSSR count). The van der Waals surface area contributed by atoms with Gasteiger partial charge in [-0.25, -0.2) is 0 Å². The molecule has 0 saturated heterocycles. The number of esters is 1. The van der Waals surface area contributed by atoms with Crippen LogP contribution in [0.2, 0.25) is 0 Å². The molecular weight excluding hydrogens is 200 g/mol. The van der Waals surface area contributed by atoms with Crippen molar-refractivity contribution in [3.05, 3.63) is 21.9 Å². The summed E-state index contributed by atoms with van der Waals surface area (Å²) in [5, 5.41) is 9.27. The molecule has 0 fully saturated rings. The van der Waals surface area contributed by atoms with Crippen LogP contribution in [0.25, 0.3) is 0 Å². The zero-order valence-corrected chi connectivity index (χ0v) is 9.13. The van der Waals surface area contributed by atoms with Gasteiger partial charge in [-0.15, -0.1) is 11.3 Å². The minimum absolute atomic E-state index is 0.216. The molecule has 0 aliphatic carbocycles. The molecule has 0 aliphatic rings. The van der Waals surface area contributed by atoms with Gasteiger partial charge in [0.25, 0.3) is 0 Å². The van der Waals surface area contributed by atoms with Gasteiger partial charge in [-0.3, -0.25) is 4.79 Å². The fourth-order valence-electron chi connectivity index (χ4n) is 1.07. The van der Waals surface area contributed by atoms with E-state index in [1.807, 2.05) is 12.1 Å². The zero-order valence-electron chi connectivity index (χ0n) is 8.32. The molecular formula is C10H14O3S. The molecule has 1 atom stereocenters. The summed E-state index contributed by atoms with van der Waals surface area (Å²) in [6, 6.07) is 3.69. The van der Waals surface area contributed by atoms with Gasteiger partial charge < -0.3 is 9.84 Å². The third kappa shape index (κ3) is 3.12. The van der Waals surface area contributed by atoms with Crippen molar-refractivity contribution in [1.82, 2.24) is 0 Å². The fraction of sp³-hybridized carbons (Fsp3) is 0.500. The highest BCUT2D eigenvalue weighted by atomic mass is 32.1. The number of carbonyl (C=O) groups excluding carboxylic acids is 1. The van der Waals surface area contributed by atoms with E-state index >= 15 is 0 Å². The minimum atomic E-state index is -0.462. The molecule has 1 aromatic rings. The Labute approximate surface area is 87.3 Å². The molecule has 0 aromatic carbocycles. The molecule has 78 valence electrons. The van der Waals surface area contributed by atoms with Crippen molar-refractivity contribution < 1.29 is 14.6 Å². The Hall–Kier alpha value is -0.870. The maximum Gasteiger partial charge on any atom is 0.311 e. The third-order valence-electron chi connectivity index (χ3n) is 1.72. The van der Waals surface area contributed by atoms with Crippen molar-refractivity contribution in [3.8, 4) is 0 Å². The van der Waals surface area contributed by atoms with E-state index in [4.69, 9.17) is 4.74 Å². The van der Waals surface area contributed by atoms with Crippen LogP contribution in [0.1, 0.15) is 29.7 Å². The lowest BCUT2D eigenvalue weighted by molar-refractivity contribution is -0.142. The smallest absolute Gasteiger partial charge is 0.311 e. The molecule has 1 unspecified atom stereocenters. The fourth-order valence-corrected chi connectivity index (χ4v) is 2.00. The number of carbonyl (C=O) groups is 1. The predicted molar refractivity (Wildman–Crippen MR) is 55.3 cm³/mol. The van der Waals surface area contributed by atoms with Crippen LogP contribution in [-0.4, -0.2) is 17.7 Å². The van der Waals surface area contributed by atoms with Crippen molar-refractivity contribution in [2.24, 2.45) is 0 Å². The lowest BCUT2D eigenvalue weighted by Crippen LogP contribution is -2.06. The van der Waals surface area contributed by atoms with Crippen LogP contribution in [0.5, 0.6) is 0 Å². The molecule has 4 heteroatoms. The number of ether oxygens (including phenoxy) is 1. The van der Waals surface area contributed by atoms with Gasteiger partial charge in [-0.05, 0) is 26.0 Å². The second-order valence-corrected chi connectivity index (χ2v) is 4.16. The first-order chi connectivity index (χ1) is 6.63. The summed E-state index contributed by atoms with van der Waals surface area (Å²) >= 11 is 1.44. The van der Waals surface area contributed by atoms with Crippen LogP contribution >= 0.6 is 11.3 Å². The highest BCUT2D eigenvalue weighted by molar-refractivity contribution is 7.12. The standard InChI is InChI=1S/C10H14O3S/c1-3-13-10(12)6-8-4-5-9(14-8)7(2)11/h4-5,7,11H,3,6H2,1-2H3. The van der Waals surface area contributed by atoms with E-state index in [-0.39, 0.29) is 5.97 Å². The summed E-state index contributed by atoms with van der Waals surface area (Å²) in [5.74, 6) is -0.216. The van der Waals surface area contributed by atoms with E-state index in [1.165, 1.54) is 11.3 Å². The summed E-state index contributed by atoms with van der Waals surface area (Å²) in [5.41, 5.74) is 0. The van der Waals surface area contributed by atoms with Crippen molar-refractivity contribution in [2.45, 2.75) is 26.4 Å². The molecule has 0 amide bonds. The summed E-state index contributed by atoms with van der Waals surface area (Å²) in [4.78, 5) is 12.9. The van der Waals surface area contributed by atoms with Gasteiger partial charge in [-0.1, -0.05) is 0 Å². The Balaban J connectivity index is 2.55. The Kier molecular flexibility index (Phi) is 4.10. The van der Waals surface area contributed by atoms with Gasteiger partial charge in [0.05, 0.1) is 19.1 Å². The summed E-state index contributed by atoms with van der Waals surface area (Å²) in [7, 11) is 0. The van der Waals surface area contributed by atoms with Crippen LogP contribution in [0.3, 0.4) is 0 Å². The van der Waals surface area contributed by atoms with E-state index in [0.717, 1.165) is 9.75 Å². The average Bonchev–Trinajstić information content (AvgIpc) is 2.53. The van der Waals surface area contributed by atoms with Crippen LogP contribution in [-0.2, 0) is 16.0 Å². The molecule has 14 heavy (non-hydrogen) atoms. The van der Waals surface area contributed by atoms with Gasteiger partial charge in [0, 0.05) is 9.75 Å². The number of rotatable bonds is 4. The molecule has 0 saturated carbocycles. The molecule has 0 aliphatic heterocycles. The first kappa shape index (κ1) is 11.2. The lowest BCUT2D eigenvalue weighted by atomic mass is 10.3. The first-order valence-electron chi connectivity index (χ1n) is 4.55. The van der Waals surface area contributed by atoms with E-state index in [1.54, 1.807) is 13.8 Å². The minimum Gasteiger partial charge on any atom is -0.466 e. The highest BCUT2D eigenvalue weighted by Gasteiger charge is 2.09. The van der Waals surface area contributed by atoms with Crippen LogP contribution in [0.15, 0.2) is 12.1 Å².